The van der Waals surface area contributed by atoms with Crippen molar-refractivity contribution in [3.63, 3.8) is 0 Å². The second kappa shape index (κ2) is 4.68. The monoisotopic (exact) mass is 316 g/mol. The number of allylic oxidation sites excluding steroid dienone is 1. The van der Waals surface area contributed by atoms with Crippen LogP contribution in [0.15, 0.2) is 15.6 Å². The van der Waals surface area contributed by atoms with Crippen molar-refractivity contribution in [2.75, 3.05) is 26.4 Å². The van der Waals surface area contributed by atoms with E-state index in [1.807, 2.05) is 6.08 Å². The van der Waals surface area contributed by atoms with Gasteiger partial charge in [0.15, 0.2) is 6.23 Å². The number of aliphatic hydroxyl groups excluding tert-OH is 1. The summed E-state index contributed by atoms with van der Waals surface area (Å²) in [6.45, 7) is 4.89. The molecule has 1 spiro atoms. The average molecular weight is 317 g/mol. The Morgan fingerprint density at radius 1 is 1.56 bits per heavy atom. The highest BCUT2D eigenvalue weighted by Crippen LogP contribution is 2.34. The van der Waals surface area contributed by atoms with E-state index in [9.17, 15) is 5.11 Å². The molecule has 0 aromatic heterocycles. The highest BCUT2D eigenvalue weighted by Gasteiger charge is 2.51. The van der Waals surface area contributed by atoms with Gasteiger partial charge >= 0.3 is 0 Å². The maximum atomic E-state index is 10.0. The first-order valence-corrected chi connectivity index (χ1v) is 6.98. The van der Waals surface area contributed by atoms with Crippen LogP contribution in [-0.2, 0) is 9.47 Å². The van der Waals surface area contributed by atoms with Gasteiger partial charge in [-0.05, 0) is 28.9 Å². The fraction of sp³-hybridized carbons (Fsp3) is 0.750. The van der Waals surface area contributed by atoms with E-state index in [0.29, 0.717) is 19.8 Å². The van der Waals surface area contributed by atoms with Gasteiger partial charge in [-0.3, -0.25) is 9.89 Å². The van der Waals surface area contributed by atoms with Crippen LogP contribution in [-0.4, -0.2) is 66.5 Å². The van der Waals surface area contributed by atoms with Crippen molar-refractivity contribution in [1.82, 2.24) is 4.90 Å². The second-order valence-corrected chi connectivity index (χ2v) is 5.97. The summed E-state index contributed by atoms with van der Waals surface area (Å²) in [7, 11) is 0. The van der Waals surface area contributed by atoms with Crippen molar-refractivity contribution in [3.8, 4) is 0 Å². The minimum Gasteiger partial charge on any atom is -0.375 e. The van der Waals surface area contributed by atoms with Crippen LogP contribution >= 0.6 is 15.9 Å². The number of halogens is 1. The van der Waals surface area contributed by atoms with Gasteiger partial charge in [-0.15, -0.1) is 0 Å². The zero-order valence-electron chi connectivity index (χ0n) is 10.3. The van der Waals surface area contributed by atoms with E-state index in [4.69, 9.17) is 9.47 Å². The number of morpholine rings is 1. The van der Waals surface area contributed by atoms with Gasteiger partial charge in [0, 0.05) is 23.3 Å². The zero-order valence-corrected chi connectivity index (χ0v) is 11.8. The number of nitrogens with zero attached hydrogens (tertiary/aromatic N) is 2. The number of hydrogen-bond acceptors (Lipinski definition) is 5. The molecular formula is C12H17BrN2O3. The Hall–Kier alpha value is -0.270. The molecule has 0 radical (unpaired) electrons. The van der Waals surface area contributed by atoms with Crippen LogP contribution in [0.5, 0.6) is 0 Å². The fourth-order valence-corrected chi connectivity index (χ4v) is 3.19. The molecule has 3 atom stereocenters. The summed E-state index contributed by atoms with van der Waals surface area (Å²) >= 11 is 3.42. The maximum Gasteiger partial charge on any atom is 0.164 e. The van der Waals surface area contributed by atoms with E-state index in [0.717, 1.165) is 11.0 Å². The molecule has 2 fully saturated rings. The van der Waals surface area contributed by atoms with E-state index in [1.165, 1.54) is 0 Å². The molecule has 2 unspecified atom stereocenters. The lowest BCUT2D eigenvalue weighted by molar-refractivity contribution is -0.264. The van der Waals surface area contributed by atoms with Crippen molar-refractivity contribution in [2.24, 2.45) is 4.99 Å². The van der Waals surface area contributed by atoms with Crippen molar-refractivity contribution in [3.05, 3.63) is 10.6 Å². The van der Waals surface area contributed by atoms with Gasteiger partial charge in [0.1, 0.15) is 5.60 Å². The van der Waals surface area contributed by atoms with Crippen LogP contribution in [0.4, 0.5) is 0 Å². The van der Waals surface area contributed by atoms with E-state index in [1.54, 1.807) is 6.21 Å². The predicted molar refractivity (Wildman–Crippen MR) is 71.0 cm³/mol. The molecule has 100 valence electrons. The van der Waals surface area contributed by atoms with E-state index in [2.05, 4.69) is 32.7 Å². The first kappa shape index (κ1) is 12.7. The molecule has 2 saturated heterocycles. The SMILES string of the molecule is C[C@@H]1N(C2C=C(Br)C=NC2O)CCOC12COC2. The lowest BCUT2D eigenvalue weighted by atomic mass is 9.89. The number of aliphatic hydroxyl groups is 1. The van der Waals surface area contributed by atoms with Crippen LogP contribution in [0.3, 0.4) is 0 Å². The minimum atomic E-state index is -0.704. The number of hydrogen-bond donors (Lipinski definition) is 1. The van der Waals surface area contributed by atoms with E-state index >= 15 is 0 Å². The normalized spacial score (nSPS) is 39.5. The number of ether oxygens (including phenoxy) is 2. The molecule has 3 aliphatic heterocycles. The molecule has 3 rings (SSSR count). The number of rotatable bonds is 1. The summed E-state index contributed by atoms with van der Waals surface area (Å²) in [4.78, 5) is 6.35. The standard InChI is InChI=1S/C12H17BrN2O3/c1-8-12(6-17-7-12)18-3-2-15(8)10-4-9(13)5-14-11(10)16/h4-5,8,10-11,16H,2-3,6-7H2,1H3/t8-,10?,11?/m0/s1. The molecule has 0 aromatic rings. The van der Waals surface area contributed by atoms with Crippen molar-refractivity contribution in [1.29, 1.82) is 0 Å². The zero-order chi connectivity index (χ0) is 12.8. The van der Waals surface area contributed by atoms with Gasteiger partial charge < -0.3 is 14.6 Å². The lowest BCUT2D eigenvalue weighted by Crippen LogP contribution is -2.70. The molecule has 3 heterocycles. The molecule has 1 N–H and O–H groups in total. The Balaban J connectivity index is 1.81. The summed E-state index contributed by atoms with van der Waals surface area (Å²) in [5.41, 5.74) is -0.195. The van der Waals surface area contributed by atoms with E-state index in [-0.39, 0.29) is 17.7 Å². The van der Waals surface area contributed by atoms with Gasteiger partial charge in [-0.2, -0.15) is 0 Å². The van der Waals surface area contributed by atoms with Crippen LogP contribution in [0.2, 0.25) is 0 Å². The Labute approximate surface area is 115 Å². The predicted octanol–water partition coefficient (Wildman–Crippen LogP) is 0.526. The summed E-state index contributed by atoms with van der Waals surface area (Å²) in [5.74, 6) is 0. The van der Waals surface area contributed by atoms with Crippen molar-refractivity contribution in [2.45, 2.75) is 30.8 Å². The molecule has 0 bridgehead atoms. The smallest absolute Gasteiger partial charge is 0.164 e. The number of dihydropyridines is 1. The van der Waals surface area contributed by atoms with Crippen molar-refractivity contribution >= 4 is 22.1 Å². The van der Waals surface area contributed by atoms with Crippen molar-refractivity contribution < 1.29 is 14.6 Å². The second-order valence-electron chi connectivity index (χ2n) is 5.05. The fourth-order valence-electron chi connectivity index (χ4n) is 2.80. The third kappa shape index (κ3) is 1.96. The molecular weight excluding hydrogens is 300 g/mol. The van der Waals surface area contributed by atoms with Crippen LogP contribution in [0.1, 0.15) is 6.92 Å². The van der Waals surface area contributed by atoms with Gasteiger partial charge in [-0.25, -0.2) is 0 Å². The average Bonchev–Trinajstić information content (AvgIpc) is 2.31. The number of aliphatic imine (C=N–C) groups is 1. The van der Waals surface area contributed by atoms with Crippen LogP contribution in [0, 0.1) is 0 Å². The topological polar surface area (TPSA) is 54.3 Å². The van der Waals surface area contributed by atoms with Gasteiger partial charge in [0.05, 0.1) is 25.9 Å². The molecule has 3 aliphatic rings. The Morgan fingerprint density at radius 3 is 3.00 bits per heavy atom. The van der Waals surface area contributed by atoms with Gasteiger partial charge in [-0.1, -0.05) is 0 Å². The molecule has 0 aliphatic carbocycles. The first-order valence-electron chi connectivity index (χ1n) is 6.18. The summed E-state index contributed by atoms with van der Waals surface area (Å²) in [6, 6.07) is 0.116. The largest absolute Gasteiger partial charge is 0.375 e. The van der Waals surface area contributed by atoms with E-state index < -0.39 is 6.23 Å². The van der Waals surface area contributed by atoms with Gasteiger partial charge in [0.2, 0.25) is 0 Å². The minimum absolute atomic E-state index is 0.0965. The Morgan fingerprint density at radius 2 is 2.33 bits per heavy atom. The summed E-state index contributed by atoms with van der Waals surface area (Å²) in [6.07, 6.45) is 2.95. The molecule has 5 nitrogen and oxygen atoms in total. The first-order chi connectivity index (χ1) is 8.62. The molecule has 0 amide bonds. The third-order valence-electron chi connectivity index (χ3n) is 4.06. The molecule has 6 heteroatoms. The highest BCUT2D eigenvalue weighted by atomic mass is 79.9. The highest BCUT2D eigenvalue weighted by molar-refractivity contribution is 9.12. The summed E-state index contributed by atoms with van der Waals surface area (Å²) < 4.78 is 12.1. The molecule has 0 saturated carbocycles. The lowest BCUT2D eigenvalue weighted by Gasteiger charge is -2.54. The van der Waals surface area contributed by atoms with Gasteiger partial charge in [0.25, 0.3) is 0 Å². The Bertz CT molecular complexity index is 395. The van der Waals surface area contributed by atoms with Crippen LogP contribution in [0.25, 0.3) is 0 Å². The summed E-state index contributed by atoms with van der Waals surface area (Å²) in [5, 5.41) is 10.0. The quantitative estimate of drug-likeness (QED) is 0.766. The molecule has 0 aromatic carbocycles. The third-order valence-corrected chi connectivity index (χ3v) is 4.53. The maximum absolute atomic E-state index is 10.0. The van der Waals surface area contributed by atoms with Crippen LogP contribution < -0.4 is 0 Å². The Kier molecular flexibility index (Phi) is 3.32. The molecule has 18 heavy (non-hydrogen) atoms.